The Morgan fingerprint density at radius 1 is 1.07 bits per heavy atom. The third-order valence-electron chi connectivity index (χ3n) is 4.12. The van der Waals surface area contributed by atoms with Crippen LogP contribution in [0.4, 0.5) is 17.6 Å². The molecule has 2 aromatic heterocycles. The van der Waals surface area contributed by atoms with E-state index in [1.54, 1.807) is 12.1 Å². The van der Waals surface area contributed by atoms with Gasteiger partial charge in [-0.1, -0.05) is 17.3 Å². The summed E-state index contributed by atoms with van der Waals surface area (Å²) >= 11 is 0. The van der Waals surface area contributed by atoms with E-state index in [9.17, 15) is 22.4 Å². The van der Waals surface area contributed by atoms with Crippen LogP contribution in [0, 0.1) is 5.82 Å². The van der Waals surface area contributed by atoms with Gasteiger partial charge >= 0.3 is 12.1 Å². The summed E-state index contributed by atoms with van der Waals surface area (Å²) in [5.41, 5.74) is 0.723. The molecule has 0 amide bonds. The molecule has 2 heterocycles. The minimum atomic E-state index is -4.74. The Morgan fingerprint density at radius 3 is 2.53 bits per heavy atom. The van der Waals surface area contributed by atoms with Crippen molar-refractivity contribution in [2.24, 2.45) is 0 Å². The van der Waals surface area contributed by atoms with Crippen LogP contribution in [0.5, 0.6) is 0 Å². The summed E-state index contributed by atoms with van der Waals surface area (Å²) in [4.78, 5) is 19.7. The number of aromatic nitrogens is 4. The normalized spacial score (nSPS) is 11.7. The number of imidazole rings is 1. The van der Waals surface area contributed by atoms with E-state index in [0.717, 1.165) is 4.57 Å². The first-order valence-electron chi connectivity index (χ1n) is 8.58. The Labute approximate surface area is 165 Å². The fourth-order valence-electron chi connectivity index (χ4n) is 2.79. The van der Waals surface area contributed by atoms with Gasteiger partial charge in [0, 0.05) is 5.56 Å². The molecule has 0 radical (unpaired) electrons. The van der Waals surface area contributed by atoms with Gasteiger partial charge in [0.15, 0.2) is 6.61 Å². The molecule has 4 aromatic rings. The minimum absolute atomic E-state index is 0.00853. The van der Waals surface area contributed by atoms with Gasteiger partial charge in [0.25, 0.3) is 5.89 Å². The van der Waals surface area contributed by atoms with Crippen molar-refractivity contribution in [3.63, 3.8) is 0 Å². The number of ether oxygens (including phenoxy) is 1. The number of hydrogen-bond acceptors (Lipinski definition) is 6. The fraction of sp³-hybridized carbons (Fsp3) is 0.158. The Bertz CT molecular complexity index is 1200. The van der Waals surface area contributed by atoms with Crippen LogP contribution in [0.25, 0.3) is 22.5 Å². The number of hydrogen-bond donors (Lipinski definition) is 0. The molecule has 0 spiro atoms. The van der Waals surface area contributed by atoms with Crippen molar-refractivity contribution < 1.29 is 31.6 Å². The van der Waals surface area contributed by atoms with Crippen LogP contribution >= 0.6 is 0 Å². The number of para-hydroxylation sites is 2. The van der Waals surface area contributed by atoms with Gasteiger partial charge in [0.05, 0.1) is 11.0 Å². The maximum absolute atomic E-state index is 13.3. The SMILES string of the molecule is O=C(Cn1c(C(F)(F)F)nc2ccccc21)OCc1noc(-c2ccc(F)cc2)n1. The van der Waals surface area contributed by atoms with Crippen molar-refractivity contribution in [3.8, 4) is 11.5 Å². The molecule has 0 fully saturated rings. The highest BCUT2D eigenvalue weighted by Crippen LogP contribution is 2.31. The van der Waals surface area contributed by atoms with Gasteiger partial charge in [-0.15, -0.1) is 0 Å². The first kappa shape index (κ1) is 19.6. The smallest absolute Gasteiger partial charge is 0.449 e. The van der Waals surface area contributed by atoms with Crippen LogP contribution in [-0.2, 0) is 28.9 Å². The first-order valence-corrected chi connectivity index (χ1v) is 8.58. The summed E-state index contributed by atoms with van der Waals surface area (Å²) in [6.07, 6.45) is -4.74. The van der Waals surface area contributed by atoms with Gasteiger partial charge < -0.3 is 13.8 Å². The van der Waals surface area contributed by atoms with Crippen LogP contribution in [0.2, 0.25) is 0 Å². The van der Waals surface area contributed by atoms with Gasteiger partial charge in [0.1, 0.15) is 12.4 Å². The molecular weight excluding hydrogens is 408 g/mol. The monoisotopic (exact) mass is 420 g/mol. The van der Waals surface area contributed by atoms with E-state index in [2.05, 4.69) is 15.1 Å². The summed E-state index contributed by atoms with van der Waals surface area (Å²) in [7, 11) is 0. The number of carbonyl (C=O) groups is 1. The number of esters is 1. The molecule has 0 aliphatic heterocycles. The number of halogens is 4. The molecule has 0 aliphatic carbocycles. The van der Waals surface area contributed by atoms with E-state index >= 15 is 0 Å². The predicted octanol–water partition coefficient (Wildman–Crippen LogP) is 3.99. The topological polar surface area (TPSA) is 83.0 Å². The van der Waals surface area contributed by atoms with E-state index in [0.29, 0.717) is 5.56 Å². The standard InChI is InChI=1S/C19H12F4N4O3/c20-12-7-5-11(6-8-12)17-25-15(26-30-17)10-29-16(28)9-27-14-4-2-1-3-13(14)24-18(27)19(21,22)23/h1-8H,9-10H2. The van der Waals surface area contributed by atoms with Crippen molar-refractivity contribution in [2.45, 2.75) is 19.3 Å². The lowest BCUT2D eigenvalue weighted by atomic mass is 10.2. The van der Waals surface area contributed by atoms with Crippen LogP contribution in [0.1, 0.15) is 11.6 Å². The average Bonchev–Trinajstić information content (AvgIpc) is 3.32. The quantitative estimate of drug-likeness (QED) is 0.359. The van der Waals surface area contributed by atoms with E-state index < -0.39 is 36.9 Å². The lowest BCUT2D eigenvalue weighted by Gasteiger charge is -2.10. The molecule has 0 bridgehead atoms. The molecule has 7 nitrogen and oxygen atoms in total. The first-order chi connectivity index (χ1) is 14.3. The highest BCUT2D eigenvalue weighted by atomic mass is 19.4. The van der Waals surface area contributed by atoms with Gasteiger partial charge in [0.2, 0.25) is 11.6 Å². The Kier molecular flexibility index (Phi) is 4.94. The summed E-state index contributed by atoms with van der Waals surface area (Å²) in [5, 5.41) is 3.63. The second-order valence-corrected chi connectivity index (χ2v) is 6.19. The molecule has 0 saturated heterocycles. The lowest BCUT2D eigenvalue weighted by molar-refractivity contribution is -0.151. The third-order valence-corrected chi connectivity index (χ3v) is 4.12. The predicted molar refractivity (Wildman–Crippen MR) is 94.2 cm³/mol. The summed E-state index contributed by atoms with van der Waals surface area (Å²) in [5.74, 6) is -2.47. The second-order valence-electron chi connectivity index (χ2n) is 6.19. The number of benzene rings is 2. The largest absolute Gasteiger partial charge is 0.456 e. The fourth-order valence-corrected chi connectivity index (χ4v) is 2.79. The molecule has 2 aromatic carbocycles. The summed E-state index contributed by atoms with van der Waals surface area (Å²) < 4.78 is 63.6. The van der Waals surface area contributed by atoms with Crippen LogP contribution < -0.4 is 0 Å². The van der Waals surface area contributed by atoms with E-state index in [1.807, 2.05) is 0 Å². The van der Waals surface area contributed by atoms with Gasteiger partial charge in [-0.3, -0.25) is 4.79 Å². The molecule has 154 valence electrons. The third kappa shape index (κ3) is 4.00. The molecule has 0 unspecified atom stereocenters. The molecule has 0 atom stereocenters. The van der Waals surface area contributed by atoms with E-state index in [-0.39, 0.29) is 22.7 Å². The van der Waals surface area contributed by atoms with Gasteiger partial charge in [-0.25, -0.2) is 9.37 Å². The Balaban J connectivity index is 1.47. The molecular formula is C19H12F4N4O3. The van der Waals surface area contributed by atoms with Crippen LogP contribution in [0.15, 0.2) is 53.1 Å². The lowest BCUT2D eigenvalue weighted by Crippen LogP contribution is -2.20. The van der Waals surface area contributed by atoms with Gasteiger partial charge in [-0.2, -0.15) is 18.2 Å². The number of fused-ring (bicyclic) bond motifs is 1. The van der Waals surface area contributed by atoms with Gasteiger partial charge in [-0.05, 0) is 36.4 Å². The van der Waals surface area contributed by atoms with Crippen molar-refractivity contribution in [1.29, 1.82) is 0 Å². The van der Waals surface area contributed by atoms with Crippen LogP contribution in [-0.4, -0.2) is 25.7 Å². The van der Waals surface area contributed by atoms with Crippen molar-refractivity contribution >= 4 is 17.0 Å². The zero-order valence-electron chi connectivity index (χ0n) is 15.1. The highest BCUT2D eigenvalue weighted by molar-refractivity contribution is 5.79. The van der Waals surface area contributed by atoms with E-state index in [4.69, 9.17) is 9.26 Å². The summed E-state index contributed by atoms with van der Waals surface area (Å²) in [6, 6.07) is 11.2. The maximum Gasteiger partial charge on any atom is 0.449 e. The highest BCUT2D eigenvalue weighted by Gasteiger charge is 2.38. The van der Waals surface area contributed by atoms with Crippen molar-refractivity contribution in [1.82, 2.24) is 19.7 Å². The number of carbonyl (C=O) groups excluding carboxylic acids is 1. The molecule has 11 heteroatoms. The average molecular weight is 420 g/mol. The summed E-state index contributed by atoms with van der Waals surface area (Å²) in [6.45, 7) is -1.10. The van der Waals surface area contributed by atoms with Crippen molar-refractivity contribution in [2.75, 3.05) is 0 Å². The number of nitrogens with zero attached hydrogens (tertiary/aromatic N) is 4. The molecule has 0 N–H and O–H groups in total. The zero-order valence-corrected chi connectivity index (χ0v) is 15.1. The maximum atomic E-state index is 13.3. The van der Waals surface area contributed by atoms with Crippen molar-refractivity contribution in [3.05, 3.63) is 66.0 Å². The van der Waals surface area contributed by atoms with Crippen LogP contribution in [0.3, 0.4) is 0 Å². The minimum Gasteiger partial charge on any atom is -0.456 e. The number of alkyl halides is 3. The zero-order chi connectivity index (χ0) is 21.3. The molecule has 30 heavy (non-hydrogen) atoms. The second kappa shape index (κ2) is 7.58. The Morgan fingerprint density at radius 2 is 1.80 bits per heavy atom. The molecule has 0 aliphatic rings. The Hall–Kier alpha value is -3.76. The van der Waals surface area contributed by atoms with E-state index in [1.165, 1.54) is 36.4 Å². The number of rotatable bonds is 5. The molecule has 4 rings (SSSR count). The molecule has 0 saturated carbocycles.